The number of hydrogen-bond acceptors (Lipinski definition) is 29. The maximum Gasteiger partial charge on any atom is 0.263 e. The van der Waals surface area contributed by atoms with Crippen LogP contribution in [0.1, 0.15) is 50.8 Å². The van der Waals surface area contributed by atoms with Crippen LogP contribution in [0.2, 0.25) is 15.1 Å². The number of halogens is 7. The number of aliphatic hydroxyl groups is 2. The zero-order chi connectivity index (χ0) is 100. The summed E-state index contributed by atoms with van der Waals surface area (Å²) in [5, 5.41) is 27.0. The van der Waals surface area contributed by atoms with Crippen LogP contribution >= 0.6 is 57.5 Å². The van der Waals surface area contributed by atoms with Gasteiger partial charge >= 0.3 is 0 Å². The molecule has 5 saturated heterocycles. The van der Waals surface area contributed by atoms with Crippen LogP contribution < -0.4 is 49.1 Å². The van der Waals surface area contributed by atoms with Crippen molar-refractivity contribution in [1.82, 2.24) is 54.1 Å². The Kier molecular flexibility index (Phi) is 34.8. The lowest BCUT2D eigenvalue weighted by molar-refractivity contribution is -0.141. The number of fused-ring (bicyclic) bond motifs is 1. The van der Waals surface area contributed by atoms with E-state index in [9.17, 15) is 81.0 Å². The second-order valence-electron chi connectivity index (χ2n) is 32.3. The molecule has 0 spiro atoms. The van der Waals surface area contributed by atoms with Gasteiger partial charge in [-0.2, -0.15) is 0 Å². The Morgan fingerprint density at radius 2 is 1.11 bits per heavy atom. The van der Waals surface area contributed by atoms with Crippen LogP contribution in [0.5, 0.6) is 5.75 Å². The van der Waals surface area contributed by atoms with E-state index in [2.05, 4.69) is 58.8 Å². The number of piperazine rings is 4. The molecule has 4 amide bonds. The average molecular weight is 2120 g/mol. The number of amides is 4. The largest absolute Gasteiger partial charge is 0.768 e. The molecule has 0 radical (unpaired) electrons. The molecule has 48 heteroatoms. The molecule has 8 aromatic carbocycles. The SMILES string of the molecule is CC(Oc1cccc(Cl)c1Cl)C(=O)N1CCN(c2ccc(S(=O)(=O)Nc3ccncn3)cc2)CC1.C[C@@H](C(=O)N1CCN(c2ccc(S(=O)[O-])cc2)C[C@H]1CO)n1ccc2ccc(Cl)cc21.Nc1nccs1.O=C(C(O)c1ccc(F)c(F)c1)N1CCN(c2ccc(S(=O)(=O)Nc3ccncn3)cc2)CC1.O=C1[C@@H](N2CCN(c3cc(F)ccc3F)CC2)CCN1c1ccc(S(=O)(=O)Nc2nccs2)cc1.[HH].[HH].[HH].[HH].[HH].[HH].[HH].[HH].[HH]. The Morgan fingerprint density at radius 1 is 0.567 bits per heavy atom. The summed E-state index contributed by atoms with van der Waals surface area (Å²) in [5.41, 5.74) is 9.43. The van der Waals surface area contributed by atoms with Crippen molar-refractivity contribution in [2.45, 2.75) is 70.2 Å². The Hall–Kier alpha value is -12.8. The highest BCUT2D eigenvalue weighted by Crippen LogP contribution is 2.36. The molecule has 7 N–H and O–H groups in total. The molecule has 3 unspecified atom stereocenters. The predicted octanol–water partition coefficient (Wildman–Crippen LogP) is 14.5. The minimum Gasteiger partial charge on any atom is -0.768 e. The molecule has 6 atom stereocenters. The number of rotatable bonds is 24. The molecule has 760 valence electrons. The summed E-state index contributed by atoms with van der Waals surface area (Å²) in [6.07, 6.45) is 8.80. The summed E-state index contributed by atoms with van der Waals surface area (Å²) in [4.78, 5) is 91.9. The standard InChI is InChI=1S/C23H23Cl2N5O4S.C23H23F2N5O3S2.C22H24ClN3O4S.C22H21F2N5O4S.C3H4N2S.9H2/c1-16(34-20-4-2-3-19(24)22(20)25)23(31)30-13-11-29(12-14-30)17-5-7-18(8-6-17)35(32,33)28-21-9-10-26-15-27-21;24-16-1-6-19(25)21(15-16)29-12-10-28(11-13-29)20-7-9-30(22(20)31)17-2-4-18(5-3-17)35(32,33)27-23-26-8-14-34-23;1-15(25-9-8-16-2-3-17(23)12-21(16)25)22(28)26-11-10-24(13-19(26)14-27)18-4-6-20(7-5-18)31(29)30;23-18-6-1-15(13-19(18)24)21(30)22(31)29-11-9-28(10-12-29)16-2-4-17(5-3-16)34(32,33)27-20-7-8-25-14-26-20;4-3-5-1-2-6-3;;;;;;;;;/h2-10,15-16H,11-14H2,1H3,(H,26,27,28);1-6,8,14-15,20H,7,9-13H2,(H,26,27);2-9,12,15,19,27H,10-11,13-14H2,1H3,(H,29,30);1-8,13-14,21,30H,9-12H2,(H,25,26,27);1-2H,(H2,4,5);9*1H/p-1/t;20-;15-,19-;;;;;;;;;;;/m.00.........../s1. The van der Waals surface area contributed by atoms with Gasteiger partial charge in [0.1, 0.15) is 52.7 Å². The number of aromatic nitrogens is 7. The third-order valence-corrected chi connectivity index (χ3v) is 30.7. The Balaban J connectivity index is 0.000000338. The highest BCUT2D eigenvalue weighted by Gasteiger charge is 2.40. The van der Waals surface area contributed by atoms with E-state index in [0.29, 0.717) is 138 Å². The molecule has 0 aliphatic carbocycles. The van der Waals surface area contributed by atoms with E-state index in [1.807, 2.05) is 52.2 Å². The maximum atomic E-state index is 14.1. The van der Waals surface area contributed by atoms with E-state index in [1.54, 1.807) is 129 Å². The quantitative estimate of drug-likeness (QED) is 0.0242. The Bertz CT molecular complexity index is 6920. The summed E-state index contributed by atoms with van der Waals surface area (Å²) in [6.45, 7) is 11.2. The third-order valence-electron chi connectivity index (χ3n) is 23.5. The molecule has 0 saturated carbocycles. The van der Waals surface area contributed by atoms with Gasteiger partial charge in [-0.05, 0) is 206 Å². The molecule has 5 aliphatic heterocycles. The normalized spacial score (nSPS) is 16.7. The van der Waals surface area contributed by atoms with Crippen molar-refractivity contribution in [2.24, 2.45) is 0 Å². The molecule has 0 bridgehead atoms. The summed E-state index contributed by atoms with van der Waals surface area (Å²) in [6, 6.07) is 46.3. The Labute approximate surface area is 848 Å². The molecule has 18 rings (SSSR count). The number of carbonyl (C=O) groups excluding carboxylic acids is 4. The topological polar surface area (TPSA) is 434 Å². The van der Waals surface area contributed by atoms with Gasteiger partial charge in [-0.3, -0.25) is 42.5 Å². The number of sulfonamides is 3. The monoisotopic (exact) mass is 2120 g/mol. The number of nitrogens with one attached hydrogen (secondary N) is 3. The van der Waals surface area contributed by atoms with Gasteiger partial charge < -0.3 is 69.0 Å². The number of nitrogens with zero attached hydrogens (tertiary/aromatic N) is 16. The van der Waals surface area contributed by atoms with Gasteiger partial charge in [0.25, 0.3) is 41.9 Å². The van der Waals surface area contributed by atoms with Crippen molar-refractivity contribution in [3.05, 3.63) is 286 Å². The van der Waals surface area contributed by atoms with E-state index in [1.165, 1.54) is 107 Å². The number of anilines is 9. The predicted molar refractivity (Wildman–Crippen MR) is 550 cm³/mol. The lowest BCUT2D eigenvalue weighted by Crippen LogP contribution is -2.57. The minimum atomic E-state index is -3.81. The zero-order valence-electron chi connectivity index (χ0n) is 75.2. The van der Waals surface area contributed by atoms with Crippen LogP contribution in [0.3, 0.4) is 0 Å². The average Bonchev–Trinajstić information content (AvgIpc) is 1.62. The summed E-state index contributed by atoms with van der Waals surface area (Å²) in [5.74, 6) is -3.26. The van der Waals surface area contributed by atoms with Crippen LogP contribution in [-0.2, 0) is 60.3 Å². The second-order valence-corrected chi connectivity index (χ2v) is 41.3. The number of ether oxygens (including phenoxy) is 1. The van der Waals surface area contributed by atoms with Crippen molar-refractivity contribution in [2.75, 3.05) is 156 Å². The number of hydrogen-bond donors (Lipinski definition) is 6. The van der Waals surface area contributed by atoms with Gasteiger partial charge in [0.15, 0.2) is 34.1 Å². The maximum absolute atomic E-state index is 14.1. The fourth-order valence-corrected chi connectivity index (χ4v) is 21.1. The molecule has 13 aromatic rings. The van der Waals surface area contributed by atoms with E-state index < -0.39 is 88.6 Å². The van der Waals surface area contributed by atoms with Crippen molar-refractivity contribution >= 4 is 183 Å². The lowest BCUT2D eigenvalue weighted by atomic mass is 10.1. The van der Waals surface area contributed by atoms with Gasteiger partial charge in [-0.25, -0.2) is 72.7 Å². The van der Waals surface area contributed by atoms with Gasteiger partial charge in [-0.1, -0.05) is 53.0 Å². The molecule has 5 aliphatic rings. The van der Waals surface area contributed by atoms with E-state index in [0.717, 1.165) is 52.2 Å². The molecule has 5 fully saturated rings. The lowest BCUT2D eigenvalue weighted by Gasteiger charge is -2.42. The zero-order valence-corrected chi connectivity index (χ0v) is 82.4. The number of nitrogens with two attached hydrogens (primary N) is 1. The van der Waals surface area contributed by atoms with Crippen LogP contribution in [0.15, 0.2) is 262 Å². The molecule has 10 heterocycles. The fourth-order valence-electron chi connectivity index (χ4n) is 16.1. The number of carbonyl (C=O) groups is 4. The minimum absolute atomic E-state index is 0. The first-order chi connectivity index (χ1) is 67.6. The van der Waals surface area contributed by atoms with Crippen LogP contribution in [0, 0.1) is 23.3 Å². The van der Waals surface area contributed by atoms with Gasteiger partial charge in [0.05, 0.1) is 49.6 Å². The first-order valence-electron chi connectivity index (χ1n) is 43.7. The first-order valence-corrected chi connectivity index (χ1v) is 52.1. The molecular formula is C93H112Cl3F4N20O15S6-. The smallest absolute Gasteiger partial charge is 0.263 e. The highest BCUT2D eigenvalue weighted by atomic mass is 35.5. The second kappa shape index (κ2) is 47.2. The summed E-state index contributed by atoms with van der Waals surface area (Å²) in [7, 11) is -11.3. The van der Waals surface area contributed by atoms with Crippen LogP contribution in [0.4, 0.5) is 67.9 Å². The van der Waals surface area contributed by atoms with E-state index in [-0.39, 0.29) is 102 Å². The third kappa shape index (κ3) is 26.5. The number of thiazole rings is 2. The van der Waals surface area contributed by atoms with Crippen molar-refractivity contribution < 1.29 is 98.5 Å². The molecule has 5 aromatic heterocycles. The van der Waals surface area contributed by atoms with Gasteiger partial charge in [0, 0.05) is 198 Å². The first kappa shape index (κ1) is 104. The molecule has 35 nitrogen and oxygen atoms in total. The van der Waals surface area contributed by atoms with E-state index >= 15 is 0 Å². The van der Waals surface area contributed by atoms with E-state index in [4.69, 9.17) is 45.3 Å². The van der Waals surface area contributed by atoms with Crippen molar-refractivity contribution in [3.8, 4) is 5.75 Å². The Morgan fingerprint density at radius 3 is 1.64 bits per heavy atom. The van der Waals surface area contributed by atoms with Gasteiger partial charge in [-0.15, -0.1) is 22.7 Å². The summed E-state index contributed by atoms with van der Waals surface area (Å²) >= 11 is 18.7. The van der Waals surface area contributed by atoms with Crippen molar-refractivity contribution in [3.63, 3.8) is 0 Å². The highest BCUT2D eigenvalue weighted by molar-refractivity contribution is 7.93. The van der Waals surface area contributed by atoms with Crippen molar-refractivity contribution in [1.29, 1.82) is 0 Å². The number of aliphatic hydroxyl groups excluding tert-OH is 2. The van der Waals surface area contributed by atoms with Gasteiger partial charge in [0.2, 0.25) is 11.8 Å². The molecular weight excluding hydrogens is 2010 g/mol. The number of benzene rings is 8. The number of nitrogen functional groups attached to an aromatic ring is 1. The fraction of sp³-hybridized carbons (Fsp3) is 0.269. The summed E-state index contributed by atoms with van der Waals surface area (Å²) < 4.78 is 167. The van der Waals surface area contributed by atoms with Crippen LogP contribution in [-0.4, -0.2) is 251 Å². The van der Waals surface area contributed by atoms with Crippen LogP contribution in [0.25, 0.3) is 10.9 Å². The molecule has 141 heavy (non-hydrogen) atoms.